The van der Waals surface area contributed by atoms with E-state index in [1.807, 2.05) is 54.1 Å². The molecule has 0 aliphatic rings. The highest BCUT2D eigenvalue weighted by Crippen LogP contribution is 2.33. The van der Waals surface area contributed by atoms with Crippen LogP contribution in [0.3, 0.4) is 0 Å². The third kappa shape index (κ3) is 2.04. The first kappa shape index (κ1) is 13.8. The van der Waals surface area contributed by atoms with Crippen molar-refractivity contribution in [1.29, 1.82) is 0 Å². The van der Waals surface area contributed by atoms with Gasteiger partial charge < -0.3 is 14.8 Å². The second-order valence-electron chi connectivity index (χ2n) is 5.29. The van der Waals surface area contributed by atoms with Gasteiger partial charge in [-0.1, -0.05) is 42.5 Å². The highest BCUT2D eigenvalue weighted by molar-refractivity contribution is 5.76. The third-order valence-corrected chi connectivity index (χ3v) is 3.95. The van der Waals surface area contributed by atoms with E-state index in [2.05, 4.69) is 4.98 Å². The van der Waals surface area contributed by atoms with Crippen LogP contribution in [0, 0.1) is 0 Å². The summed E-state index contributed by atoms with van der Waals surface area (Å²) in [6, 6.07) is 16.8. The molecule has 1 aromatic heterocycles. The number of para-hydroxylation sites is 2. The SMILES string of the molecule is C[C@@H](O)[C@@](O)(c1ccccc1)c1nc2ccccc2n1C. The molecule has 3 aromatic rings. The molecule has 0 fully saturated rings. The molecule has 2 atom stereocenters. The van der Waals surface area contributed by atoms with Gasteiger partial charge in [0.15, 0.2) is 5.60 Å². The summed E-state index contributed by atoms with van der Waals surface area (Å²) >= 11 is 0. The fourth-order valence-electron chi connectivity index (χ4n) is 2.74. The van der Waals surface area contributed by atoms with Crippen molar-refractivity contribution in [3.63, 3.8) is 0 Å². The molecule has 1 heterocycles. The Bertz CT molecular complexity index is 765. The van der Waals surface area contributed by atoms with Gasteiger partial charge in [0, 0.05) is 7.05 Å². The lowest BCUT2D eigenvalue weighted by Gasteiger charge is -2.31. The summed E-state index contributed by atoms with van der Waals surface area (Å²) in [4.78, 5) is 4.53. The van der Waals surface area contributed by atoms with Crippen molar-refractivity contribution in [2.45, 2.75) is 18.6 Å². The van der Waals surface area contributed by atoms with Crippen molar-refractivity contribution < 1.29 is 10.2 Å². The Hall–Kier alpha value is -2.17. The number of aryl methyl sites for hydroxylation is 1. The van der Waals surface area contributed by atoms with E-state index in [0.29, 0.717) is 11.4 Å². The van der Waals surface area contributed by atoms with Crippen LogP contribution in [0.5, 0.6) is 0 Å². The standard InChI is InChI=1S/C17H18N2O2/c1-12(20)17(21,13-8-4-3-5-9-13)16-18-14-10-6-7-11-15(14)19(16)2/h3-12,20-21H,1-2H3/t12-,17-/m1/s1. The van der Waals surface area contributed by atoms with E-state index in [4.69, 9.17) is 0 Å². The van der Waals surface area contributed by atoms with E-state index in [-0.39, 0.29) is 0 Å². The van der Waals surface area contributed by atoms with Crippen LogP contribution < -0.4 is 0 Å². The summed E-state index contributed by atoms with van der Waals surface area (Å²) in [6.45, 7) is 1.58. The van der Waals surface area contributed by atoms with E-state index >= 15 is 0 Å². The molecule has 0 aliphatic heterocycles. The van der Waals surface area contributed by atoms with Gasteiger partial charge in [-0.2, -0.15) is 0 Å². The monoisotopic (exact) mass is 282 g/mol. The molecular weight excluding hydrogens is 264 g/mol. The number of hydrogen-bond donors (Lipinski definition) is 2. The van der Waals surface area contributed by atoms with Crippen molar-refractivity contribution in [3.05, 3.63) is 66.0 Å². The van der Waals surface area contributed by atoms with Crippen molar-refractivity contribution >= 4 is 11.0 Å². The average Bonchev–Trinajstić information content (AvgIpc) is 2.85. The van der Waals surface area contributed by atoms with Crippen LogP contribution >= 0.6 is 0 Å². The zero-order valence-corrected chi connectivity index (χ0v) is 12.1. The maximum Gasteiger partial charge on any atom is 0.173 e. The summed E-state index contributed by atoms with van der Waals surface area (Å²) in [6.07, 6.45) is -0.990. The van der Waals surface area contributed by atoms with E-state index < -0.39 is 11.7 Å². The van der Waals surface area contributed by atoms with Crippen molar-refractivity contribution in [3.8, 4) is 0 Å². The lowest BCUT2D eigenvalue weighted by Crippen LogP contribution is -2.41. The zero-order valence-electron chi connectivity index (χ0n) is 12.1. The van der Waals surface area contributed by atoms with Gasteiger partial charge >= 0.3 is 0 Å². The first-order valence-corrected chi connectivity index (χ1v) is 6.93. The number of aliphatic hydroxyl groups excluding tert-OH is 1. The fraction of sp³-hybridized carbons (Fsp3) is 0.235. The summed E-state index contributed by atoms with van der Waals surface area (Å²) < 4.78 is 1.83. The largest absolute Gasteiger partial charge is 0.390 e. The molecular formula is C17H18N2O2. The Morgan fingerprint density at radius 1 is 1.05 bits per heavy atom. The number of aliphatic hydroxyl groups is 2. The molecule has 0 amide bonds. The number of rotatable bonds is 3. The van der Waals surface area contributed by atoms with Crippen LogP contribution in [-0.2, 0) is 12.6 Å². The topological polar surface area (TPSA) is 58.3 Å². The van der Waals surface area contributed by atoms with Crippen molar-refractivity contribution in [2.24, 2.45) is 7.05 Å². The van der Waals surface area contributed by atoms with Crippen molar-refractivity contribution in [2.75, 3.05) is 0 Å². The van der Waals surface area contributed by atoms with Crippen LogP contribution in [0.25, 0.3) is 11.0 Å². The van der Waals surface area contributed by atoms with Gasteiger partial charge in [-0.05, 0) is 24.6 Å². The predicted molar refractivity (Wildman–Crippen MR) is 81.8 cm³/mol. The second-order valence-corrected chi connectivity index (χ2v) is 5.29. The van der Waals surface area contributed by atoms with E-state index in [0.717, 1.165) is 11.0 Å². The van der Waals surface area contributed by atoms with Crippen molar-refractivity contribution in [1.82, 2.24) is 9.55 Å². The normalized spacial score (nSPS) is 15.8. The summed E-state index contributed by atoms with van der Waals surface area (Å²) in [5.74, 6) is 0.435. The molecule has 0 spiro atoms. The smallest absolute Gasteiger partial charge is 0.173 e. The molecule has 2 aromatic carbocycles. The Labute approximate surface area is 123 Å². The minimum atomic E-state index is -1.55. The second kappa shape index (κ2) is 4.98. The lowest BCUT2D eigenvalue weighted by molar-refractivity contribution is -0.0469. The summed E-state index contributed by atoms with van der Waals surface area (Å²) in [5.41, 5.74) is 0.792. The molecule has 0 saturated heterocycles. The summed E-state index contributed by atoms with van der Waals surface area (Å²) in [7, 11) is 1.85. The molecule has 21 heavy (non-hydrogen) atoms. The fourth-order valence-corrected chi connectivity index (χ4v) is 2.74. The molecule has 108 valence electrons. The minimum Gasteiger partial charge on any atom is -0.390 e. The van der Waals surface area contributed by atoms with E-state index in [1.165, 1.54) is 0 Å². The molecule has 2 N–H and O–H groups in total. The van der Waals surface area contributed by atoms with Gasteiger partial charge in [0.05, 0.1) is 17.1 Å². The molecule has 0 unspecified atom stereocenters. The first-order chi connectivity index (χ1) is 10.0. The molecule has 4 heteroatoms. The van der Waals surface area contributed by atoms with Crippen LogP contribution in [0.15, 0.2) is 54.6 Å². The third-order valence-electron chi connectivity index (χ3n) is 3.95. The molecule has 0 bridgehead atoms. The number of fused-ring (bicyclic) bond motifs is 1. The average molecular weight is 282 g/mol. The lowest BCUT2D eigenvalue weighted by atomic mass is 9.88. The Kier molecular flexibility index (Phi) is 3.27. The van der Waals surface area contributed by atoms with Gasteiger partial charge in [-0.25, -0.2) is 4.98 Å². The molecule has 0 saturated carbocycles. The maximum atomic E-state index is 11.2. The number of hydrogen-bond acceptors (Lipinski definition) is 3. The van der Waals surface area contributed by atoms with Gasteiger partial charge in [-0.15, -0.1) is 0 Å². The Morgan fingerprint density at radius 3 is 2.29 bits per heavy atom. The molecule has 4 nitrogen and oxygen atoms in total. The van der Waals surface area contributed by atoms with Crippen LogP contribution in [0.1, 0.15) is 18.3 Å². The number of nitrogens with zero attached hydrogens (tertiary/aromatic N) is 2. The van der Waals surface area contributed by atoms with E-state index in [9.17, 15) is 10.2 Å². The molecule has 3 rings (SSSR count). The molecule has 0 radical (unpaired) electrons. The maximum absolute atomic E-state index is 11.2. The number of imidazole rings is 1. The number of aromatic nitrogens is 2. The molecule has 0 aliphatic carbocycles. The van der Waals surface area contributed by atoms with Gasteiger partial charge in [0.25, 0.3) is 0 Å². The van der Waals surface area contributed by atoms with Crippen LogP contribution in [0.2, 0.25) is 0 Å². The predicted octanol–water partition coefficient (Wildman–Crippen LogP) is 2.19. The highest BCUT2D eigenvalue weighted by Gasteiger charge is 2.41. The Balaban J connectivity index is 2.28. The van der Waals surface area contributed by atoms with Gasteiger partial charge in [-0.3, -0.25) is 0 Å². The zero-order chi connectivity index (χ0) is 15.0. The Morgan fingerprint density at radius 2 is 1.67 bits per heavy atom. The first-order valence-electron chi connectivity index (χ1n) is 6.93. The minimum absolute atomic E-state index is 0.435. The van der Waals surface area contributed by atoms with Gasteiger partial charge in [0.2, 0.25) is 0 Å². The highest BCUT2D eigenvalue weighted by atomic mass is 16.3. The van der Waals surface area contributed by atoms with E-state index in [1.54, 1.807) is 19.1 Å². The van der Waals surface area contributed by atoms with Gasteiger partial charge in [0.1, 0.15) is 5.82 Å². The number of benzene rings is 2. The summed E-state index contributed by atoms with van der Waals surface area (Å²) in [5, 5.41) is 21.4. The quantitative estimate of drug-likeness (QED) is 0.774. The van der Waals surface area contributed by atoms with Crippen LogP contribution in [0.4, 0.5) is 0 Å². The van der Waals surface area contributed by atoms with Crippen LogP contribution in [-0.4, -0.2) is 25.9 Å².